The number of benzene rings is 1. The number of rotatable bonds is 8. The van der Waals surface area contributed by atoms with E-state index in [2.05, 4.69) is 10.3 Å². The van der Waals surface area contributed by atoms with Gasteiger partial charge < -0.3 is 23.9 Å². The van der Waals surface area contributed by atoms with Crippen molar-refractivity contribution in [3.05, 3.63) is 48.2 Å². The van der Waals surface area contributed by atoms with E-state index in [1.54, 1.807) is 43.8 Å². The van der Waals surface area contributed by atoms with Gasteiger partial charge in [-0.2, -0.15) is 0 Å². The molecular weight excluding hydrogens is 408 g/mol. The number of nitrogens with one attached hydrogen (secondary N) is 1. The van der Waals surface area contributed by atoms with Gasteiger partial charge in [-0.15, -0.1) is 0 Å². The van der Waals surface area contributed by atoms with Gasteiger partial charge in [-0.05, 0) is 37.1 Å². The Morgan fingerprint density at radius 2 is 2.09 bits per heavy atom. The molecule has 0 bridgehead atoms. The highest BCUT2D eigenvalue weighted by molar-refractivity contribution is 6.07. The highest BCUT2D eigenvalue weighted by atomic mass is 16.5. The fourth-order valence-corrected chi connectivity index (χ4v) is 4.33. The van der Waals surface area contributed by atoms with Crippen LogP contribution in [0.4, 0.5) is 5.69 Å². The number of methoxy groups -OCH3 is 1. The summed E-state index contributed by atoms with van der Waals surface area (Å²) in [4.78, 5) is 32.4. The van der Waals surface area contributed by atoms with Crippen LogP contribution < -0.4 is 5.32 Å². The number of carbonyl (C=O) groups excluding carboxylic acids is 2. The van der Waals surface area contributed by atoms with Gasteiger partial charge in [0.05, 0.1) is 42.3 Å². The fraction of sp³-hybridized carbons (Fsp3) is 0.458. The lowest BCUT2D eigenvalue weighted by atomic mass is 9.88. The molecule has 2 heterocycles. The van der Waals surface area contributed by atoms with Crippen LogP contribution in [-0.2, 0) is 22.6 Å². The Morgan fingerprint density at radius 3 is 2.81 bits per heavy atom. The van der Waals surface area contributed by atoms with Crippen molar-refractivity contribution in [2.24, 2.45) is 5.92 Å². The van der Waals surface area contributed by atoms with E-state index in [4.69, 9.17) is 9.15 Å². The molecule has 1 aliphatic carbocycles. The van der Waals surface area contributed by atoms with Gasteiger partial charge in [0.2, 0.25) is 5.91 Å². The number of nitrogens with zero attached hydrogens (tertiary/aromatic N) is 3. The van der Waals surface area contributed by atoms with E-state index in [1.165, 1.54) is 6.42 Å². The Labute approximate surface area is 187 Å². The predicted octanol–water partition coefficient (Wildman–Crippen LogP) is 4.07. The van der Waals surface area contributed by atoms with Gasteiger partial charge in [0.15, 0.2) is 0 Å². The van der Waals surface area contributed by atoms with Gasteiger partial charge in [0.25, 0.3) is 5.91 Å². The molecule has 1 N–H and O–H groups in total. The third kappa shape index (κ3) is 4.85. The molecule has 1 aliphatic rings. The Morgan fingerprint density at radius 1 is 1.28 bits per heavy atom. The molecule has 0 radical (unpaired) electrons. The van der Waals surface area contributed by atoms with Gasteiger partial charge >= 0.3 is 0 Å². The molecule has 1 fully saturated rings. The number of ether oxygens (including phenoxy) is 1. The van der Waals surface area contributed by atoms with Crippen LogP contribution in [0.2, 0.25) is 0 Å². The van der Waals surface area contributed by atoms with Gasteiger partial charge in [-0.3, -0.25) is 9.59 Å². The first-order chi connectivity index (χ1) is 15.6. The zero-order valence-electron chi connectivity index (χ0n) is 18.7. The second kappa shape index (κ2) is 9.99. The normalized spacial score (nSPS) is 14.6. The van der Waals surface area contributed by atoms with Crippen molar-refractivity contribution >= 4 is 28.5 Å². The van der Waals surface area contributed by atoms with E-state index in [1.807, 2.05) is 16.7 Å². The van der Waals surface area contributed by atoms with Crippen molar-refractivity contribution in [2.45, 2.75) is 45.2 Å². The smallest absolute Gasteiger partial charge is 0.256 e. The summed E-state index contributed by atoms with van der Waals surface area (Å²) in [6.45, 7) is 1.42. The molecule has 2 aromatic heterocycles. The van der Waals surface area contributed by atoms with Gasteiger partial charge in [-0.1, -0.05) is 19.3 Å². The average Bonchev–Trinajstić information content (AvgIpc) is 3.47. The Kier molecular flexibility index (Phi) is 6.90. The lowest BCUT2D eigenvalue weighted by Gasteiger charge is -2.21. The molecule has 170 valence electrons. The van der Waals surface area contributed by atoms with E-state index < -0.39 is 0 Å². The van der Waals surface area contributed by atoms with Crippen molar-refractivity contribution in [3.8, 4) is 0 Å². The number of furan rings is 1. The standard InChI is InChI=1S/C24H30N4O4/c1-27(15-19-9-6-11-32-19)24(30)20-13-18(26-23(29)17-7-4-3-5-8-17)14-21-22(20)28(16-25-21)10-12-31-2/h6,9,11,13-14,16-17H,3-5,7-8,10,12,15H2,1-2H3,(H,26,29). The minimum atomic E-state index is -0.167. The molecule has 2 amide bonds. The summed E-state index contributed by atoms with van der Waals surface area (Å²) >= 11 is 0. The van der Waals surface area contributed by atoms with E-state index in [9.17, 15) is 9.59 Å². The number of amides is 2. The Hall–Kier alpha value is -3.13. The quantitative estimate of drug-likeness (QED) is 0.573. The molecule has 8 heteroatoms. The molecule has 3 aromatic rings. The van der Waals surface area contributed by atoms with Crippen molar-refractivity contribution in [1.82, 2.24) is 14.5 Å². The SMILES string of the molecule is COCCn1cnc2cc(NC(=O)C3CCCCC3)cc(C(=O)N(C)Cc3ccco3)c21. The number of hydrogen-bond donors (Lipinski definition) is 1. The van der Waals surface area contributed by atoms with E-state index in [-0.39, 0.29) is 17.7 Å². The van der Waals surface area contributed by atoms with Crippen molar-refractivity contribution in [1.29, 1.82) is 0 Å². The Bertz CT molecular complexity index is 1070. The van der Waals surface area contributed by atoms with E-state index >= 15 is 0 Å². The van der Waals surface area contributed by atoms with Crippen LogP contribution in [0.5, 0.6) is 0 Å². The molecule has 0 spiro atoms. The Balaban J connectivity index is 1.65. The van der Waals surface area contributed by atoms with E-state index in [0.717, 1.165) is 31.2 Å². The molecule has 0 aliphatic heterocycles. The highest BCUT2D eigenvalue weighted by Gasteiger charge is 2.24. The van der Waals surface area contributed by atoms with E-state index in [0.29, 0.717) is 42.2 Å². The lowest BCUT2D eigenvalue weighted by Crippen LogP contribution is -2.27. The van der Waals surface area contributed by atoms with Crippen molar-refractivity contribution in [3.63, 3.8) is 0 Å². The molecule has 0 unspecified atom stereocenters. The first kappa shape index (κ1) is 22.1. The summed E-state index contributed by atoms with van der Waals surface area (Å²) in [5.74, 6) is 0.579. The van der Waals surface area contributed by atoms with Gasteiger partial charge in [-0.25, -0.2) is 4.98 Å². The third-order valence-corrected chi connectivity index (χ3v) is 6.04. The summed E-state index contributed by atoms with van der Waals surface area (Å²) in [5, 5.41) is 3.03. The number of anilines is 1. The number of hydrogen-bond acceptors (Lipinski definition) is 5. The number of fused-ring (bicyclic) bond motifs is 1. The van der Waals surface area contributed by atoms with Gasteiger partial charge in [0.1, 0.15) is 5.76 Å². The summed E-state index contributed by atoms with van der Waals surface area (Å²) in [6, 6.07) is 7.23. The van der Waals surface area contributed by atoms with Crippen molar-refractivity contribution in [2.75, 3.05) is 26.1 Å². The maximum Gasteiger partial charge on any atom is 0.256 e. The van der Waals surface area contributed by atoms with Gasteiger partial charge in [0, 0.05) is 32.3 Å². The van der Waals surface area contributed by atoms with Crippen LogP contribution in [0.3, 0.4) is 0 Å². The number of aromatic nitrogens is 2. The molecule has 0 saturated heterocycles. The minimum absolute atomic E-state index is 0.0187. The van der Waals surface area contributed by atoms with Crippen LogP contribution in [0.15, 0.2) is 41.3 Å². The third-order valence-electron chi connectivity index (χ3n) is 6.04. The summed E-state index contributed by atoms with van der Waals surface area (Å²) in [5.41, 5.74) is 2.48. The summed E-state index contributed by atoms with van der Waals surface area (Å²) in [6.07, 6.45) is 8.49. The van der Waals surface area contributed by atoms with Crippen LogP contribution in [0, 0.1) is 5.92 Å². The molecule has 0 atom stereocenters. The summed E-state index contributed by atoms with van der Waals surface area (Å²) in [7, 11) is 3.38. The maximum atomic E-state index is 13.4. The minimum Gasteiger partial charge on any atom is -0.467 e. The summed E-state index contributed by atoms with van der Waals surface area (Å²) < 4.78 is 12.5. The molecule has 4 rings (SSSR count). The monoisotopic (exact) mass is 438 g/mol. The second-order valence-electron chi connectivity index (χ2n) is 8.39. The lowest BCUT2D eigenvalue weighted by molar-refractivity contribution is -0.120. The number of imidazole rings is 1. The number of carbonyl (C=O) groups is 2. The average molecular weight is 439 g/mol. The zero-order chi connectivity index (χ0) is 22.5. The molecule has 8 nitrogen and oxygen atoms in total. The molecular formula is C24H30N4O4. The zero-order valence-corrected chi connectivity index (χ0v) is 18.7. The maximum absolute atomic E-state index is 13.4. The fourth-order valence-electron chi connectivity index (χ4n) is 4.33. The molecule has 1 saturated carbocycles. The van der Waals surface area contributed by atoms with Crippen LogP contribution in [0.1, 0.15) is 48.2 Å². The van der Waals surface area contributed by atoms with Crippen LogP contribution in [-0.4, -0.2) is 47.0 Å². The van der Waals surface area contributed by atoms with Crippen LogP contribution >= 0.6 is 0 Å². The second-order valence-corrected chi connectivity index (χ2v) is 8.39. The first-order valence-corrected chi connectivity index (χ1v) is 11.1. The van der Waals surface area contributed by atoms with Crippen LogP contribution in [0.25, 0.3) is 11.0 Å². The molecule has 32 heavy (non-hydrogen) atoms. The first-order valence-electron chi connectivity index (χ1n) is 11.1. The largest absolute Gasteiger partial charge is 0.467 e. The highest BCUT2D eigenvalue weighted by Crippen LogP contribution is 2.28. The van der Waals surface area contributed by atoms with Crippen molar-refractivity contribution < 1.29 is 18.7 Å². The molecule has 1 aromatic carbocycles. The predicted molar refractivity (Wildman–Crippen MR) is 121 cm³/mol. The topological polar surface area (TPSA) is 89.6 Å².